The predicted octanol–water partition coefficient (Wildman–Crippen LogP) is 1.53. The zero-order valence-electron chi connectivity index (χ0n) is 8.01. The van der Waals surface area contributed by atoms with Crippen molar-refractivity contribution in [3.63, 3.8) is 0 Å². The van der Waals surface area contributed by atoms with Gasteiger partial charge in [-0.25, -0.2) is 13.4 Å². The second-order valence-electron chi connectivity index (χ2n) is 3.35. The van der Waals surface area contributed by atoms with Crippen molar-refractivity contribution < 1.29 is 8.42 Å². The Hall–Kier alpha value is -1.07. The normalized spacial score (nSPS) is 12.1. The van der Waals surface area contributed by atoms with Crippen LogP contribution in [-0.2, 0) is 15.6 Å². The Labute approximate surface area is 92.4 Å². The molecule has 6 heteroatoms. The van der Waals surface area contributed by atoms with Crippen LogP contribution in [-0.4, -0.2) is 24.1 Å². The fraction of sp³-hybridized carbons (Fsp3) is 0.222. The van der Waals surface area contributed by atoms with Crippen LogP contribution in [0.3, 0.4) is 0 Å². The number of fused-ring (bicyclic) bond motifs is 1. The molecule has 0 N–H and O–H groups in total. The average Bonchev–Trinajstić information content (AvgIpc) is 2.42. The van der Waals surface area contributed by atoms with Crippen molar-refractivity contribution >= 4 is 27.0 Å². The maximum Gasteiger partial charge on any atom is 0.207 e. The molecule has 2 aromatic rings. The summed E-state index contributed by atoms with van der Waals surface area (Å²) in [5.41, 5.74) is 1.22. The van der Waals surface area contributed by atoms with Crippen molar-refractivity contribution in [3.8, 4) is 0 Å². The summed E-state index contributed by atoms with van der Waals surface area (Å²) in [4.78, 5) is 4.02. The Morgan fingerprint density at radius 3 is 2.87 bits per heavy atom. The molecule has 80 valence electrons. The molecule has 0 fully saturated rings. The average molecular weight is 245 g/mol. The molecule has 0 amide bonds. The zero-order chi connectivity index (χ0) is 11.1. The first-order chi connectivity index (χ1) is 6.97. The number of hydrogen-bond donors (Lipinski definition) is 0. The Morgan fingerprint density at radius 2 is 2.20 bits per heavy atom. The summed E-state index contributed by atoms with van der Waals surface area (Å²) in [5.74, 6) is -0.0900. The van der Waals surface area contributed by atoms with Crippen LogP contribution in [0, 0.1) is 0 Å². The van der Waals surface area contributed by atoms with E-state index in [-0.39, 0.29) is 11.0 Å². The van der Waals surface area contributed by atoms with E-state index in [2.05, 4.69) is 4.98 Å². The van der Waals surface area contributed by atoms with Gasteiger partial charge in [0.15, 0.2) is 9.84 Å². The summed E-state index contributed by atoms with van der Waals surface area (Å²) in [6, 6.07) is 5.42. The lowest BCUT2D eigenvalue weighted by Gasteiger charge is -1.96. The van der Waals surface area contributed by atoms with Gasteiger partial charge in [-0.1, -0.05) is 6.07 Å². The van der Waals surface area contributed by atoms with Crippen LogP contribution in [0.1, 0.15) is 5.69 Å². The molecule has 0 radical (unpaired) electrons. The molecule has 0 spiro atoms. The van der Waals surface area contributed by atoms with Crippen molar-refractivity contribution in [2.24, 2.45) is 0 Å². The van der Waals surface area contributed by atoms with Gasteiger partial charge in [0.25, 0.3) is 0 Å². The monoisotopic (exact) mass is 244 g/mol. The molecule has 0 bridgehead atoms. The molecule has 0 saturated heterocycles. The molecule has 0 aliphatic rings. The highest BCUT2D eigenvalue weighted by molar-refractivity contribution is 7.89. The summed E-state index contributed by atoms with van der Waals surface area (Å²) in [6.07, 6.45) is 2.92. The molecule has 2 heterocycles. The van der Waals surface area contributed by atoms with Crippen LogP contribution in [0.15, 0.2) is 24.4 Å². The van der Waals surface area contributed by atoms with Crippen molar-refractivity contribution in [1.29, 1.82) is 0 Å². The van der Waals surface area contributed by atoms with E-state index >= 15 is 0 Å². The quantitative estimate of drug-likeness (QED) is 0.805. The maximum atomic E-state index is 11.2. The molecule has 0 aromatic carbocycles. The number of rotatable bonds is 2. The van der Waals surface area contributed by atoms with Crippen LogP contribution in [0.5, 0.6) is 0 Å². The van der Waals surface area contributed by atoms with Crippen molar-refractivity contribution in [2.45, 2.75) is 5.75 Å². The third-order valence-electron chi connectivity index (χ3n) is 1.98. The number of imidazole rings is 1. The SMILES string of the molecule is CS(=O)(=O)Cc1nc(Cl)n2ccccc12. The summed E-state index contributed by atoms with van der Waals surface area (Å²) < 4.78 is 24.0. The smallest absolute Gasteiger partial charge is 0.207 e. The third kappa shape index (κ3) is 2.13. The van der Waals surface area contributed by atoms with Crippen LogP contribution in [0.2, 0.25) is 5.28 Å². The number of aromatic nitrogens is 2. The largest absolute Gasteiger partial charge is 0.290 e. The first-order valence-electron chi connectivity index (χ1n) is 4.26. The summed E-state index contributed by atoms with van der Waals surface area (Å²) in [7, 11) is -3.09. The Balaban J connectivity index is 2.62. The van der Waals surface area contributed by atoms with Crippen molar-refractivity contribution in [3.05, 3.63) is 35.4 Å². The van der Waals surface area contributed by atoms with Gasteiger partial charge in [-0.05, 0) is 23.7 Å². The van der Waals surface area contributed by atoms with E-state index in [1.165, 1.54) is 6.26 Å². The van der Waals surface area contributed by atoms with E-state index < -0.39 is 9.84 Å². The van der Waals surface area contributed by atoms with Gasteiger partial charge in [0.2, 0.25) is 5.28 Å². The van der Waals surface area contributed by atoms with E-state index in [1.54, 1.807) is 16.7 Å². The minimum absolute atomic E-state index is 0.0900. The minimum Gasteiger partial charge on any atom is -0.290 e. The van der Waals surface area contributed by atoms with Gasteiger partial charge in [0, 0.05) is 12.5 Å². The van der Waals surface area contributed by atoms with Crippen LogP contribution in [0.4, 0.5) is 0 Å². The molecule has 0 aliphatic carbocycles. The predicted molar refractivity (Wildman–Crippen MR) is 58.7 cm³/mol. The number of nitrogens with zero attached hydrogens (tertiary/aromatic N) is 2. The molecular weight excluding hydrogens is 236 g/mol. The van der Waals surface area contributed by atoms with Gasteiger partial charge in [-0.3, -0.25) is 4.40 Å². The standard InChI is InChI=1S/C9H9ClN2O2S/c1-15(13,14)6-7-8-4-2-3-5-12(8)9(10)11-7/h2-5H,6H2,1H3. The van der Waals surface area contributed by atoms with Gasteiger partial charge in [0.05, 0.1) is 17.0 Å². The minimum atomic E-state index is -3.09. The third-order valence-corrected chi connectivity index (χ3v) is 3.04. The van der Waals surface area contributed by atoms with E-state index in [0.717, 1.165) is 5.52 Å². The second kappa shape index (κ2) is 3.50. The molecule has 0 atom stereocenters. The lowest BCUT2D eigenvalue weighted by molar-refractivity contribution is 0.601. The molecule has 0 saturated carbocycles. The molecule has 0 unspecified atom stereocenters. The van der Waals surface area contributed by atoms with E-state index in [1.807, 2.05) is 12.1 Å². The first kappa shape index (κ1) is 10.4. The topological polar surface area (TPSA) is 51.4 Å². The number of sulfone groups is 1. The van der Waals surface area contributed by atoms with Gasteiger partial charge >= 0.3 is 0 Å². The summed E-state index contributed by atoms with van der Waals surface area (Å²) in [6.45, 7) is 0. The van der Waals surface area contributed by atoms with Crippen LogP contribution >= 0.6 is 11.6 Å². The molecule has 15 heavy (non-hydrogen) atoms. The van der Waals surface area contributed by atoms with E-state index in [0.29, 0.717) is 5.69 Å². The van der Waals surface area contributed by atoms with E-state index in [4.69, 9.17) is 11.6 Å². The second-order valence-corrected chi connectivity index (χ2v) is 5.83. The molecular formula is C9H9ClN2O2S. The number of halogens is 1. The van der Waals surface area contributed by atoms with Crippen LogP contribution < -0.4 is 0 Å². The fourth-order valence-corrected chi connectivity index (χ4v) is 2.37. The molecule has 2 aromatic heterocycles. The van der Waals surface area contributed by atoms with Crippen molar-refractivity contribution in [1.82, 2.24) is 9.38 Å². The first-order valence-corrected chi connectivity index (χ1v) is 6.70. The summed E-state index contributed by atoms with van der Waals surface area (Å²) in [5, 5.41) is 0.282. The summed E-state index contributed by atoms with van der Waals surface area (Å²) >= 11 is 5.86. The fourth-order valence-electron chi connectivity index (χ4n) is 1.42. The zero-order valence-corrected chi connectivity index (χ0v) is 9.59. The lowest BCUT2D eigenvalue weighted by Crippen LogP contribution is -2.01. The highest BCUT2D eigenvalue weighted by Crippen LogP contribution is 2.18. The highest BCUT2D eigenvalue weighted by atomic mass is 35.5. The maximum absolute atomic E-state index is 11.2. The molecule has 4 nitrogen and oxygen atoms in total. The Morgan fingerprint density at radius 1 is 1.47 bits per heavy atom. The van der Waals surface area contributed by atoms with Gasteiger partial charge in [-0.15, -0.1) is 0 Å². The highest BCUT2D eigenvalue weighted by Gasteiger charge is 2.13. The molecule has 2 rings (SSSR count). The van der Waals surface area contributed by atoms with Gasteiger partial charge in [0.1, 0.15) is 0 Å². The lowest BCUT2D eigenvalue weighted by atomic mass is 10.3. The Kier molecular flexibility index (Phi) is 2.44. The van der Waals surface area contributed by atoms with Gasteiger partial charge in [-0.2, -0.15) is 0 Å². The number of pyridine rings is 1. The van der Waals surface area contributed by atoms with Crippen LogP contribution in [0.25, 0.3) is 5.52 Å². The Bertz CT molecular complexity index is 604. The van der Waals surface area contributed by atoms with Crippen molar-refractivity contribution in [2.75, 3.05) is 6.26 Å². The van der Waals surface area contributed by atoms with E-state index in [9.17, 15) is 8.42 Å². The number of hydrogen-bond acceptors (Lipinski definition) is 3. The van der Waals surface area contributed by atoms with Gasteiger partial charge < -0.3 is 0 Å². The molecule has 0 aliphatic heterocycles.